The molecule has 2 fully saturated rings. The number of benzene rings is 1. The molecule has 0 N–H and O–H groups in total. The van der Waals surface area contributed by atoms with Gasteiger partial charge >= 0.3 is 11.9 Å². The van der Waals surface area contributed by atoms with Crippen molar-refractivity contribution >= 4 is 17.7 Å². The van der Waals surface area contributed by atoms with Crippen molar-refractivity contribution in [2.24, 2.45) is 17.3 Å². The number of carbonyl (C=O) groups is 3. The molecule has 1 heterocycles. The highest BCUT2D eigenvalue weighted by Crippen LogP contribution is 2.43. The molecule has 0 bridgehead atoms. The van der Waals surface area contributed by atoms with E-state index in [9.17, 15) is 14.4 Å². The predicted octanol–water partition coefficient (Wildman–Crippen LogP) is 3.73. The fraction of sp³-hybridized carbons (Fsp3) is 0.458. The molecule has 0 unspecified atom stereocenters. The van der Waals surface area contributed by atoms with Crippen molar-refractivity contribution in [2.45, 2.75) is 52.2 Å². The van der Waals surface area contributed by atoms with Gasteiger partial charge in [0.2, 0.25) is 0 Å². The summed E-state index contributed by atoms with van der Waals surface area (Å²) in [6.45, 7) is 5.46. The van der Waals surface area contributed by atoms with Crippen LogP contribution in [0, 0.1) is 29.1 Å². The van der Waals surface area contributed by atoms with E-state index in [1.54, 1.807) is 43.3 Å². The number of ether oxygens (including phenoxy) is 2. The van der Waals surface area contributed by atoms with Gasteiger partial charge in [-0.05, 0) is 25.1 Å². The molecular formula is C24H26O5. The predicted molar refractivity (Wildman–Crippen MR) is 108 cm³/mol. The molecule has 29 heavy (non-hydrogen) atoms. The van der Waals surface area contributed by atoms with E-state index >= 15 is 0 Å². The number of carbonyl (C=O) groups excluding carboxylic acids is 3. The first-order valence-corrected chi connectivity index (χ1v) is 9.89. The van der Waals surface area contributed by atoms with Gasteiger partial charge in [0.15, 0.2) is 5.78 Å². The minimum absolute atomic E-state index is 0.0397. The van der Waals surface area contributed by atoms with Gasteiger partial charge in [-0.1, -0.05) is 38.1 Å². The van der Waals surface area contributed by atoms with Crippen LogP contribution in [0.25, 0.3) is 0 Å². The monoisotopic (exact) mass is 394 g/mol. The van der Waals surface area contributed by atoms with E-state index in [-0.39, 0.29) is 36.1 Å². The molecule has 0 aromatic heterocycles. The molecule has 1 saturated carbocycles. The van der Waals surface area contributed by atoms with Crippen molar-refractivity contribution in [3.05, 3.63) is 48.0 Å². The van der Waals surface area contributed by atoms with E-state index in [4.69, 9.17) is 9.47 Å². The lowest BCUT2D eigenvalue weighted by atomic mass is 9.83. The molecule has 152 valence electrons. The van der Waals surface area contributed by atoms with Crippen molar-refractivity contribution in [2.75, 3.05) is 0 Å². The van der Waals surface area contributed by atoms with E-state index in [2.05, 4.69) is 11.8 Å². The molecule has 1 aromatic rings. The molecule has 0 amide bonds. The first-order chi connectivity index (χ1) is 13.8. The summed E-state index contributed by atoms with van der Waals surface area (Å²) in [4.78, 5) is 36.9. The topological polar surface area (TPSA) is 69.7 Å². The summed E-state index contributed by atoms with van der Waals surface area (Å²) in [5.41, 5.74) is -0.130. The Kier molecular flexibility index (Phi) is 6.22. The van der Waals surface area contributed by atoms with E-state index in [1.165, 1.54) is 0 Å². The maximum Gasteiger partial charge on any atom is 0.338 e. The number of allylic oxidation sites excluding steroid dienone is 1. The van der Waals surface area contributed by atoms with Crippen molar-refractivity contribution < 1.29 is 23.9 Å². The highest BCUT2D eigenvalue weighted by atomic mass is 16.6. The Morgan fingerprint density at radius 2 is 2.00 bits per heavy atom. The van der Waals surface area contributed by atoms with Gasteiger partial charge in [0.1, 0.15) is 12.2 Å². The molecule has 2 aliphatic rings. The number of hydrogen-bond donors (Lipinski definition) is 0. The zero-order valence-electron chi connectivity index (χ0n) is 17.0. The molecule has 0 spiro atoms. The first-order valence-electron chi connectivity index (χ1n) is 9.89. The zero-order valence-corrected chi connectivity index (χ0v) is 17.0. The van der Waals surface area contributed by atoms with Crippen molar-refractivity contribution in [3.63, 3.8) is 0 Å². The Morgan fingerprint density at radius 1 is 1.28 bits per heavy atom. The Balaban J connectivity index is 1.76. The lowest BCUT2D eigenvalue weighted by Gasteiger charge is -2.21. The van der Waals surface area contributed by atoms with Gasteiger partial charge in [-0.25, -0.2) is 4.79 Å². The Bertz CT molecular complexity index is 872. The summed E-state index contributed by atoms with van der Waals surface area (Å²) in [5.74, 6) is 4.76. The summed E-state index contributed by atoms with van der Waals surface area (Å²) in [6.07, 6.45) is 3.82. The van der Waals surface area contributed by atoms with Crippen LogP contribution in [0.4, 0.5) is 0 Å². The third-order valence-electron chi connectivity index (χ3n) is 5.66. The SMILES string of the molecule is CC#CCC(C)(C)C(=O)/C=C/[C@@H]1[C@H]2CC(=O)O[C@H]2C[C@H]1OC(=O)c1ccccc1. The highest BCUT2D eigenvalue weighted by Gasteiger charge is 2.50. The van der Waals surface area contributed by atoms with Crippen LogP contribution < -0.4 is 0 Å². The Hall–Kier alpha value is -2.87. The molecule has 0 radical (unpaired) electrons. The minimum Gasteiger partial charge on any atom is -0.462 e. The summed E-state index contributed by atoms with van der Waals surface area (Å²) in [7, 11) is 0. The van der Waals surface area contributed by atoms with E-state index in [1.807, 2.05) is 19.9 Å². The van der Waals surface area contributed by atoms with Gasteiger partial charge in [0.25, 0.3) is 0 Å². The molecular weight excluding hydrogens is 368 g/mol. The van der Waals surface area contributed by atoms with E-state index in [0.29, 0.717) is 18.4 Å². The molecule has 1 saturated heterocycles. The molecule has 5 nitrogen and oxygen atoms in total. The van der Waals surface area contributed by atoms with Gasteiger partial charge < -0.3 is 9.47 Å². The fourth-order valence-electron chi connectivity index (χ4n) is 3.89. The first kappa shape index (κ1) is 20.9. The average Bonchev–Trinajstić information content (AvgIpc) is 3.20. The second-order valence-electron chi connectivity index (χ2n) is 8.23. The minimum atomic E-state index is -0.601. The van der Waals surface area contributed by atoms with Crippen LogP contribution in [0.5, 0.6) is 0 Å². The summed E-state index contributed by atoms with van der Waals surface area (Å²) >= 11 is 0. The van der Waals surface area contributed by atoms with Crippen LogP contribution in [0.15, 0.2) is 42.5 Å². The summed E-state index contributed by atoms with van der Waals surface area (Å²) in [5, 5.41) is 0. The number of esters is 2. The number of hydrogen-bond acceptors (Lipinski definition) is 5. The molecule has 3 rings (SSSR count). The second kappa shape index (κ2) is 8.65. The average molecular weight is 394 g/mol. The zero-order chi connectivity index (χ0) is 21.0. The molecule has 1 aliphatic carbocycles. The smallest absolute Gasteiger partial charge is 0.338 e. The third kappa shape index (κ3) is 4.76. The van der Waals surface area contributed by atoms with Crippen LogP contribution in [0.1, 0.15) is 50.4 Å². The van der Waals surface area contributed by atoms with E-state index < -0.39 is 17.5 Å². The van der Waals surface area contributed by atoms with Crippen molar-refractivity contribution in [1.82, 2.24) is 0 Å². The molecule has 5 heteroatoms. The van der Waals surface area contributed by atoms with Gasteiger partial charge in [-0.15, -0.1) is 11.8 Å². The second-order valence-corrected chi connectivity index (χ2v) is 8.23. The van der Waals surface area contributed by atoms with E-state index in [0.717, 1.165) is 0 Å². The normalized spacial score (nSPS) is 25.8. The van der Waals surface area contributed by atoms with Crippen molar-refractivity contribution in [3.8, 4) is 11.8 Å². The quantitative estimate of drug-likeness (QED) is 0.418. The standard InChI is InChI=1S/C24H26O5/c1-4-5-13-24(2,3)21(25)12-11-17-18-14-22(26)28-20(18)15-19(17)29-23(27)16-9-7-6-8-10-16/h6-12,17-20H,13-15H2,1-3H3/b12-11+/t17-,18-,19-,20+/m1/s1. The Morgan fingerprint density at radius 3 is 2.69 bits per heavy atom. The van der Waals surface area contributed by atoms with Gasteiger partial charge in [0, 0.05) is 30.1 Å². The molecule has 1 aliphatic heterocycles. The Labute approximate surface area is 171 Å². The van der Waals surface area contributed by atoms with Crippen molar-refractivity contribution in [1.29, 1.82) is 0 Å². The van der Waals surface area contributed by atoms with Gasteiger partial charge in [0.05, 0.1) is 12.0 Å². The van der Waals surface area contributed by atoms with Crippen LogP contribution in [0.2, 0.25) is 0 Å². The number of fused-ring (bicyclic) bond motifs is 1. The molecule has 1 aromatic carbocycles. The van der Waals surface area contributed by atoms with Crippen LogP contribution in [-0.4, -0.2) is 29.9 Å². The van der Waals surface area contributed by atoms with Gasteiger partial charge in [-0.2, -0.15) is 0 Å². The number of rotatable bonds is 6. The summed E-state index contributed by atoms with van der Waals surface area (Å²) in [6, 6.07) is 8.78. The largest absolute Gasteiger partial charge is 0.462 e. The van der Waals surface area contributed by atoms with Crippen LogP contribution in [-0.2, 0) is 19.1 Å². The molecule has 4 atom stereocenters. The highest BCUT2D eigenvalue weighted by molar-refractivity contribution is 5.94. The number of ketones is 1. The van der Waals surface area contributed by atoms with Crippen LogP contribution >= 0.6 is 0 Å². The van der Waals surface area contributed by atoms with Gasteiger partial charge in [-0.3, -0.25) is 9.59 Å². The maximum atomic E-state index is 12.7. The lowest BCUT2D eigenvalue weighted by molar-refractivity contribution is -0.141. The third-order valence-corrected chi connectivity index (χ3v) is 5.66. The fourth-order valence-corrected chi connectivity index (χ4v) is 3.89. The van der Waals surface area contributed by atoms with Crippen LogP contribution in [0.3, 0.4) is 0 Å². The summed E-state index contributed by atoms with van der Waals surface area (Å²) < 4.78 is 11.1. The lowest BCUT2D eigenvalue weighted by Crippen LogP contribution is -2.26. The maximum absolute atomic E-state index is 12.7.